The number of aromatic amines is 1. The van der Waals surface area contributed by atoms with Crippen LogP contribution in [0, 0.1) is 6.92 Å². The Morgan fingerprint density at radius 3 is 2.62 bits per heavy atom. The van der Waals surface area contributed by atoms with E-state index in [1.165, 1.54) is 6.07 Å². The predicted molar refractivity (Wildman–Crippen MR) is 96.5 cm³/mol. The molecule has 8 heteroatoms. The zero-order valence-electron chi connectivity index (χ0n) is 12.6. The number of primary sulfonamides is 1. The SMILES string of the molecule is Cc1ccc(NC(=O)c2cc3cc(Br)ccc3[nH]2)cc1S(N)(=O)=O. The van der Waals surface area contributed by atoms with Crippen LogP contribution in [0.2, 0.25) is 0 Å². The second-order valence-electron chi connectivity index (χ2n) is 5.39. The standard InChI is InChI=1S/C16H14BrN3O3S/c1-9-2-4-12(8-15(9)24(18,22)23)19-16(21)14-7-10-6-11(17)3-5-13(10)20-14/h2-8,20H,1H3,(H,19,21)(H2,18,22,23). The number of anilines is 1. The highest BCUT2D eigenvalue weighted by molar-refractivity contribution is 9.10. The number of aromatic nitrogens is 1. The number of halogens is 1. The number of nitrogens with two attached hydrogens (primary N) is 1. The third-order valence-corrected chi connectivity index (χ3v) is 5.13. The van der Waals surface area contributed by atoms with E-state index in [2.05, 4.69) is 26.2 Å². The van der Waals surface area contributed by atoms with Crippen LogP contribution in [-0.2, 0) is 10.0 Å². The summed E-state index contributed by atoms with van der Waals surface area (Å²) in [5, 5.41) is 8.75. The molecule has 1 heterocycles. The molecule has 0 aliphatic rings. The van der Waals surface area contributed by atoms with Crippen molar-refractivity contribution < 1.29 is 13.2 Å². The van der Waals surface area contributed by atoms with Gasteiger partial charge in [-0.15, -0.1) is 0 Å². The van der Waals surface area contributed by atoms with Crippen molar-refractivity contribution in [1.82, 2.24) is 4.98 Å². The molecule has 0 spiro atoms. The summed E-state index contributed by atoms with van der Waals surface area (Å²) < 4.78 is 24.0. The van der Waals surface area contributed by atoms with Gasteiger partial charge in [0.1, 0.15) is 5.69 Å². The summed E-state index contributed by atoms with van der Waals surface area (Å²) in [5.41, 5.74) is 2.08. The van der Waals surface area contributed by atoms with E-state index in [4.69, 9.17) is 5.14 Å². The first-order chi connectivity index (χ1) is 11.2. The second-order valence-corrected chi connectivity index (χ2v) is 7.84. The van der Waals surface area contributed by atoms with E-state index < -0.39 is 10.0 Å². The summed E-state index contributed by atoms with van der Waals surface area (Å²) in [6.45, 7) is 1.64. The molecule has 0 bridgehead atoms. The fraction of sp³-hybridized carbons (Fsp3) is 0.0625. The number of hydrogen-bond donors (Lipinski definition) is 3. The molecule has 0 aliphatic heterocycles. The number of rotatable bonds is 3. The number of nitrogens with one attached hydrogen (secondary N) is 2. The Balaban J connectivity index is 1.91. The summed E-state index contributed by atoms with van der Waals surface area (Å²) in [6.07, 6.45) is 0. The minimum absolute atomic E-state index is 0.0131. The summed E-state index contributed by atoms with van der Waals surface area (Å²) in [7, 11) is -3.85. The van der Waals surface area contributed by atoms with Crippen molar-refractivity contribution in [2.75, 3.05) is 5.32 Å². The molecule has 2 aromatic carbocycles. The summed E-state index contributed by atoms with van der Waals surface area (Å²) in [6, 6.07) is 11.9. The zero-order chi connectivity index (χ0) is 17.5. The van der Waals surface area contributed by atoms with Crippen LogP contribution in [0.3, 0.4) is 0 Å². The van der Waals surface area contributed by atoms with E-state index in [0.29, 0.717) is 16.9 Å². The molecule has 0 aliphatic carbocycles. The molecule has 6 nitrogen and oxygen atoms in total. The lowest BCUT2D eigenvalue weighted by Crippen LogP contribution is -2.16. The first-order valence-electron chi connectivity index (χ1n) is 6.97. The van der Waals surface area contributed by atoms with Gasteiger partial charge in [-0.05, 0) is 48.9 Å². The number of amides is 1. The van der Waals surface area contributed by atoms with Gasteiger partial charge in [-0.1, -0.05) is 22.0 Å². The molecular weight excluding hydrogens is 394 g/mol. The van der Waals surface area contributed by atoms with E-state index in [1.807, 2.05) is 18.2 Å². The normalized spacial score (nSPS) is 11.6. The fourth-order valence-corrected chi connectivity index (χ4v) is 3.60. The molecule has 3 aromatic rings. The Kier molecular flexibility index (Phi) is 4.20. The molecule has 24 heavy (non-hydrogen) atoms. The summed E-state index contributed by atoms with van der Waals surface area (Å²) in [4.78, 5) is 15.4. The number of sulfonamides is 1. The average Bonchev–Trinajstić information content (AvgIpc) is 2.91. The van der Waals surface area contributed by atoms with E-state index >= 15 is 0 Å². The van der Waals surface area contributed by atoms with Gasteiger partial charge < -0.3 is 10.3 Å². The number of aryl methyl sites for hydroxylation is 1. The topological polar surface area (TPSA) is 105 Å². The van der Waals surface area contributed by atoms with Gasteiger partial charge in [-0.25, -0.2) is 13.6 Å². The quantitative estimate of drug-likeness (QED) is 0.620. The first-order valence-corrected chi connectivity index (χ1v) is 9.31. The van der Waals surface area contributed by atoms with Crippen LogP contribution in [-0.4, -0.2) is 19.3 Å². The van der Waals surface area contributed by atoms with Crippen LogP contribution >= 0.6 is 15.9 Å². The van der Waals surface area contributed by atoms with Crippen LogP contribution in [0.25, 0.3) is 10.9 Å². The number of carbonyl (C=O) groups excluding carboxylic acids is 1. The van der Waals surface area contributed by atoms with E-state index in [0.717, 1.165) is 15.4 Å². The minimum Gasteiger partial charge on any atom is -0.351 e. The Bertz CT molecular complexity index is 1060. The van der Waals surface area contributed by atoms with E-state index in [9.17, 15) is 13.2 Å². The van der Waals surface area contributed by atoms with Crippen LogP contribution in [0.4, 0.5) is 5.69 Å². The Morgan fingerprint density at radius 2 is 1.92 bits per heavy atom. The van der Waals surface area contributed by atoms with Gasteiger partial charge in [-0.2, -0.15) is 0 Å². The van der Waals surface area contributed by atoms with Crippen LogP contribution < -0.4 is 10.5 Å². The number of carbonyl (C=O) groups is 1. The molecular formula is C16H14BrN3O3S. The Hall–Kier alpha value is -2.16. The van der Waals surface area contributed by atoms with Crippen molar-refractivity contribution in [2.45, 2.75) is 11.8 Å². The van der Waals surface area contributed by atoms with E-state index in [1.54, 1.807) is 25.1 Å². The highest BCUT2D eigenvalue weighted by Crippen LogP contribution is 2.22. The lowest BCUT2D eigenvalue weighted by Gasteiger charge is -2.08. The molecule has 0 saturated carbocycles. The molecule has 0 unspecified atom stereocenters. The Morgan fingerprint density at radius 1 is 1.17 bits per heavy atom. The molecule has 1 amide bonds. The third kappa shape index (κ3) is 3.35. The molecule has 0 radical (unpaired) electrons. The number of fused-ring (bicyclic) bond motifs is 1. The first kappa shape index (κ1) is 16.7. The molecule has 0 fully saturated rings. The number of hydrogen-bond acceptors (Lipinski definition) is 3. The maximum absolute atomic E-state index is 12.4. The van der Waals surface area contributed by atoms with Crippen molar-refractivity contribution in [3.8, 4) is 0 Å². The summed E-state index contributed by atoms with van der Waals surface area (Å²) in [5.74, 6) is -0.369. The van der Waals surface area contributed by atoms with Crippen LogP contribution in [0.15, 0.2) is 51.8 Å². The van der Waals surface area contributed by atoms with Gasteiger partial charge in [0.05, 0.1) is 4.90 Å². The minimum atomic E-state index is -3.85. The monoisotopic (exact) mass is 407 g/mol. The lowest BCUT2D eigenvalue weighted by atomic mass is 10.2. The maximum Gasteiger partial charge on any atom is 0.272 e. The molecule has 124 valence electrons. The van der Waals surface area contributed by atoms with E-state index in [-0.39, 0.29) is 10.8 Å². The summed E-state index contributed by atoms with van der Waals surface area (Å²) >= 11 is 3.38. The maximum atomic E-state index is 12.4. The van der Waals surface area contributed by atoms with Crippen LogP contribution in [0.1, 0.15) is 16.1 Å². The van der Waals surface area contributed by atoms with Gasteiger partial charge in [-0.3, -0.25) is 4.79 Å². The van der Waals surface area contributed by atoms with Crippen molar-refractivity contribution in [3.63, 3.8) is 0 Å². The number of benzene rings is 2. The highest BCUT2D eigenvalue weighted by atomic mass is 79.9. The van der Waals surface area contributed by atoms with Gasteiger partial charge >= 0.3 is 0 Å². The van der Waals surface area contributed by atoms with Gasteiger partial charge in [0.2, 0.25) is 10.0 Å². The highest BCUT2D eigenvalue weighted by Gasteiger charge is 2.15. The van der Waals surface area contributed by atoms with Crippen molar-refractivity contribution in [2.24, 2.45) is 5.14 Å². The Labute approximate surface area is 147 Å². The fourth-order valence-electron chi connectivity index (χ4n) is 2.41. The number of H-pyrrole nitrogens is 1. The van der Waals surface area contributed by atoms with Gasteiger partial charge in [0.25, 0.3) is 5.91 Å². The van der Waals surface area contributed by atoms with Crippen LogP contribution in [0.5, 0.6) is 0 Å². The van der Waals surface area contributed by atoms with Crippen molar-refractivity contribution in [1.29, 1.82) is 0 Å². The van der Waals surface area contributed by atoms with Gasteiger partial charge in [0, 0.05) is 21.1 Å². The molecule has 1 aromatic heterocycles. The lowest BCUT2D eigenvalue weighted by molar-refractivity contribution is 0.102. The van der Waals surface area contributed by atoms with Gasteiger partial charge in [0.15, 0.2) is 0 Å². The molecule has 4 N–H and O–H groups in total. The van der Waals surface area contributed by atoms with Crippen molar-refractivity contribution >= 4 is 48.5 Å². The molecule has 0 atom stereocenters. The average molecular weight is 408 g/mol. The smallest absolute Gasteiger partial charge is 0.272 e. The second kappa shape index (κ2) is 6.04. The molecule has 3 rings (SSSR count). The third-order valence-electron chi connectivity index (χ3n) is 3.58. The predicted octanol–water partition coefficient (Wildman–Crippen LogP) is 3.14. The molecule has 0 saturated heterocycles. The van der Waals surface area contributed by atoms with Crippen molar-refractivity contribution in [3.05, 3.63) is 58.2 Å². The largest absolute Gasteiger partial charge is 0.351 e. The zero-order valence-corrected chi connectivity index (χ0v) is 15.0.